The molecule has 4 rings (SSSR count). The minimum Gasteiger partial charge on any atom is -0.484 e. The van der Waals surface area contributed by atoms with Crippen LogP contribution in [0.1, 0.15) is 11.3 Å². The standard InChI is InChI=1S/C19H17ClN4O2/c20-14-2-1-3-15(10-14)26-12-18(25)24-9-6-17-16(11-24)19(23-22-17)13-4-7-21-8-5-13/h1-5,7-8,10H,6,9,11-12H2,(H,22,23). The van der Waals surface area contributed by atoms with Crippen molar-refractivity contribution < 1.29 is 9.53 Å². The van der Waals surface area contributed by atoms with Gasteiger partial charge in [0, 0.05) is 53.7 Å². The first-order chi connectivity index (χ1) is 12.7. The molecule has 2 aromatic heterocycles. The summed E-state index contributed by atoms with van der Waals surface area (Å²) in [6, 6.07) is 10.9. The van der Waals surface area contributed by atoms with Gasteiger partial charge in [0.05, 0.1) is 5.69 Å². The molecule has 0 saturated heterocycles. The molecule has 3 heterocycles. The zero-order valence-electron chi connectivity index (χ0n) is 14.0. The van der Waals surface area contributed by atoms with E-state index in [1.165, 1.54) is 0 Å². The van der Waals surface area contributed by atoms with Crippen molar-refractivity contribution in [2.45, 2.75) is 13.0 Å². The van der Waals surface area contributed by atoms with Crippen molar-refractivity contribution in [3.05, 3.63) is 65.1 Å². The number of pyridine rings is 1. The summed E-state index contributed by atoms with van der Waals surface area (Å²) in [6.07, 6.45) is 4.22. The van der Waals surface area contributed by atoms with Crippen LogP contribution in [0.2, 0.25) is 5.02 Å². The Hall–Kier alpha value is -2.86. The summed E-state index contributed by atoms with van der Waals surface area (Å²) in [7, 11) is 0. The molecule has 0 aliphatic carbocycles. The molecule has 7 heteroatoms. The Morgan fingerprint density at radius 2 is 2.12 bits per heavy atom. The minimum atomic E-state index is -0.0579. The number of halogens is 1. The zero-order chi connectivity index (χ0) is 17.9. The van der Waals surface area contributed by atoms with Gasteiger partial charge in [-0.2, -0.15) is 5.10 Å². The van der Waals surface area contributed by atoms with Gasteiger partial charge in [-0.3, -0.25) is 14.9 Å². The number of aromatic nitrogens is 3. The van der Waals surface area contributed by atoms with Crippen LogP contribution in [0.15, 0.2) is 48.8 Å². The number of rotatable bonds is 4. The number of nitrogens with zero attached hydrogens (tertiary/aromatic N) is 3. The van der Waals surface area contributed by atoms with Crippen molar-refractivity contribution in [2.75, 3.05) is 13.2 Å². The smallest absolute Gasteiger partial charge is 0.260 e. The fourth-order valence-electron chi connectivity index (χ4n) is 3.05. The highest BCUT2D eigenvalue weighted by Gasteiger charge is 2.25. The SMILES string of the molecule is O=C(COc1cccc(Cl)c1)N1CCc2[nH]nc(-c3ccncc3)c2C1. The number of aromatic amines is 1. The molecular weight excluding hydrogens is 352 g/mol. The van der Waals surface area contributed by atoms with E-state index in [1.807, 2.05) is 12.1 Å². The predicted octanol–water partition coefficient (Wildman–Crippen LogP) is 3.09. The Bertz CT molecular complexity index is 926. The van der Waals surface area contributed by atoms with Crippen LogP contribution in [-0.4, -0.2) is 39.1 Å². The largest absolute Gasteiger partial charge is 0.484 e. The van der Waals surface area contributed by atoms with E-state index in [0.717, 1.165) is 28.9 Å². The molecule has 1 aliphatic rings. The number of hydrogen-bond donors (Lipinski definition) is 1. The lowest BCUT2D eigenvalue weighted by Gasteiger charge is -2.27. The second-order valence-electron chi connectivity index (χ2n) is 6.08. The van der Waals surface area contributed by atoms with Crippen LogP contribution in [0, 0.1) is 0 Å². The van der Waals surface area contributed by atoms with Gasteiger partial charge < -0.3 is 9.64 Å². The topological polar surface area (TPSA) is 71.1 Å². The van der Waals surface area contributed by atoms with E-state index >= 15 is 0 Å². The lowest BCUT2D eigenvalue weighted by molar-refractivity contribution is -0.134. The molecule has 0 spiro atoms. The molecule has 1 aromatic carbocycles. The summed E-state index contributed by atoms with van der Waals surface area (Å²) in [5, 5.41) is 8.10. The van der Waals surface area contributed by atoms with Crippen LogP contribution in [0.25, 0.3) is 11.3 Å². The van der Waals surface area contributed by atoms with Gasteiger partial charge in [0.2, 0.25) is 0 Å². The molecule has 26 heavy (non-hydrogen) atoms. The fraction of sp³-hybridized carbons (Fsp3) is 0.211. The number of nitrogens with one attached hydrogen (secondary N) is 1. The normalized spacial score (nSPS) is 13.3. The Morgan fingerprint density at radius 1 is 1.27 bits per heavy atom. The molecule has 0 bridgehead atoms. The van der Waals surface area contributed by atoms with E-state index in [9.17, 15) is 4.79 Å². The Morgan fingerprint density at radius 3 is 2.92 bits per heavy atom. The molecule has 1 N–H and O–H groups in total. The van der Waals surface area contributed by atoms with Crippen LogP contribution in [-0.2, 0) is 17.8 Å². The summed E-state index contributed by atoms with van der Waals surface area (Å²) in [5.41, 5.74) is 3.99. The predicted molar refractivity (Wildman–Crippen MR) is 97.9 cm³/mol. The van der Waals surface area contributed by atoms with Gasteiger partial charge >= 0.3 is 0 Å². The van der Waals surface area contributed by atoms with Crippen LogP contribution < -0.4 is 4.74 Å². The summed E-state index contributed by atoms with van der Waals surface area (Å²) < 4.78 is 5.58. The van der Waals surface area contributed by atoms with Crippen molar-refractivity contribution in [3.63, 3.8) is 0 Å². The van der Waals surface area contributed by atoms with E-state index in [2.05, 4.69) is 15.2 Å². The van der Waals surface area contributed by atoms with Crippen LogP contribution in [0.4, 0.5) is 0 Å². The van der Waals surface area contributed by atoms with E-state index in [4.69, 9.17) is 16.3 Å². The fourth-order valence-corrected chi connectivity index (χ4v) is 3.23. The summed E-state index contributed by atoms with van der Waals surface area (Å²) in [4.78, 5) is 18.4. The number of H-pyrrole nitrogens is 1. The van der Waals surface area contributed by atoms with E-state index < -0.39 is 0 Å². The Balaban J connectivity index is 1.46. The van der Waals surface area contributed by atoms with Crippen molar-refractivity contribution in [2.24, 2.45) is 0 Å². The van der Waals surface area contributed by atoms with E-state index in [1.54, 1.807) is 41.6 Å². The lowest BCUT2D eigenvalue weighted by Crippen LogP contribution is -2.38. The first-order valence-corrected chi connectivity index (χ1v) is 8.71. The van der Waals surface area contributed by atoms with E-state index in [0.29, 0.717) is 23.9 Å². The zero-order valence-corrected chi connectivity index (χ0v) is 14.7. The molecule has 132 valence electrons. The second kappa shape index (κ2) is 7.17. The molecule has 0 atom stereocenters. The maximum absolute atomic E-state index is 12.6. The third-order valence-corrected chi connectivity index (χ3v) is 4.63. The van der Waals surface area contributed by atoms with Gasteiger partial charge in [-0.1, -0.05) is 17.7 Å². The van der Waals surface area contributed by atoms with Crippen molar-refractivity contribution in [3.8, 4) is 17.0 Å². The van der Waals surface area contributed by atoms with Gasteiger partial charge in [0.25, 0.3) is 5.91 Å². The summed E-state index contributed by atoms with van der Waals surface area (Å²) >= 11 is 5.94. The number of fused-ring (bicyclic) bond motifs is 1. The van der Waals surface area contributed by atoms with Gasteiger partial charge in [0.1, 0.15) is 5.75 Å². The third-order valence-electron chi connectivity index (χ3n) is 4.40. The molecule has 3 aromatic rings. The van der Waals surface area contributed by atoms with E-state index in [-0.39, 0.29) is 12.5 Å². The number of ether oxygens (including phenoxy) is 1. The maximum atomic E-state index is 12.6. The van der Waals surface area contributed by atoms with Crippen LogP contribution in [0.3, 0.4) is 0 Å². The van der Waals surface area contributed by atoms with Gasteiger partial charge in [-0.15, -0.1) is 0 Å². The first-order valence-electron chi connectivity index (χ1n) is 8.33. The maximum Gasteiger partial charge on any atom is 0.260 e. The number of amides is 1. The van der Waals surface area contributed by atoms with Gasteiger partial charge in [0.15, 0.2) is 6.61 Å². The molecule has 0 fully saturated rings. The first kappa shape index (κ1) is 16.6. The highest BCUT2D eigenvalue weighted by Crippen LogP contribution is 2.28. The molecule has 6 nitrogen and oxygen atoms in total. The molecule has 0 saturated carbocycles. The minimum absolute atomic E-state index is 0.0158. The van der Waals surface area contributed by atoms with Crippen LogP contribution in [0.5, 0.6) is 5.75 Å². The number of carbonyl (C=O) groups excluding carboxylic acids is 1. The highest BCUT2D eigenvalue weighted by atomic mass is 35.5. The third kappa shape index (κ3) is 3.41. The molecule has 0 unspecified atom stereocenters. The lowest BCUT2D eigenvalue weighted by atomic mass is 10.0. The van der Waals surface area contributed by atoms with Crippen LogP contribution >= 0.6 is 11.6 Å². The quantitative estimate of drug-likeness (QED) is 0.768. The second-order valence-corrected chi connectivity index (χ2v) is 6.51. The van der Waals surface area contributed by atoms with Crippen molar-refractivity contribution in [1.29, 1.82) is 0 Å². The van der Waals surface area contributed by atoms with Gasteiger partial charge in [-0.05, 0) is 30.3 Å². The molecule has 1 aliphatic heterocycles. The average Bonchev–Trinajstić information content (AvgIpc) is 3.10. The summed E-state index contributed by atoms with van der Waals surface area (Å²) in [5.74, 6) is 0.529. The van der Waals surface area contributed by atoms with Crippen molar-refractivity contribution >= 4 is 17.5 Å². The Kier molecular flexibility index (Phi) is 4.58. The Labute approximate surface area is 155 Å². The summed E-state index contributed by atoms with van der Waals surface area (Å²) in [6.45, 7) is 1.14. The average molecular weight is 369 g/mol. The number of carbonyl (C=O) groups is 1. The molecule has 1 amide bonds. The van der Waals surface area contributed by atoms with Crippen molar-refractivity contribution in [1.82, 2.24) is 20.1 Å². The van der Waals surface area contributed by atoms with Gasteiger partial charge in [-0.25, -0.2) is 0 Å². The number of hydrogen-bond acceptors (Lipinski definition) is 4. The molecule has 0 radical (unpaired) electrons. The number of benzene rings is 1. The molecular formula is C19H17ClN4O2. The monoisotopic (exact) mass is 368 g/mol. The highest BCUT2D eigenvalue weighted by molar-refractivity contribution is 6.30.